The third-order valence-electron chi connectivity index (χ3n) is 5.12. The van der Waals surface area contributed by atoms with Gasteiger partial charge in [-0.3, -0.25) is 9.59 Å². The number of hydrogen-bond donors (Lipinski definition) is 3. The van der Waals surface area contributed by atoms with Crippen molar-refractivity contribution in [1.82, 2.24) is 25.3 Å². The van der Waals surface area contributed by atoms with Gasteiger partial charge in [0.15, 0.2) is 0 Å². The summed E-state index contributed by atoms with van der Waals surface area (Å²) in [5, 5.41) is 24.4. The van der Waals surface area contributed by atoms with E-state index in [1.54, 1.807) is 28.9 Å². The zero-order valence-corrected chi connectivity index (χ0v) is 17.2. The Morgan fingerprint density at radius 3 is 2.56 bits per heavy atom. The number of para-hydroxylation sites is 1. The summed E-state index contributed by atoms with van der Waals surface area (Å²) in [5.41, 5.74) is 8.07. The van der Waals surface area contributed by atoms with E-state index in [4.69, 9.17) is 5.73 Å². The van der Waals surface area contributed by atoms with Gasteiger partial charge in [0.25, 0.3) is 5.56 Å². The van der Waals surface area contributed by atoms with Crippen molar-refractivity contribution in [3.63, 3.8) is 0 Å². The van der Waals surface area contributed by atoms with E-state index in [-0.39, 0.29) is 17.9 Å². The van der Waals surface area contributed by atoms with Crippen LogP contribution in [0.2, 0.25) is 0 Å². The van der Waals surface area contributed by atoms with E-state index < -0.39 is 0 Å². The minimum Gasteiger partial charge on any atom is -0.382 e. The average molecular weight is 427 g/mol. The van der Waals surface area contributed by atoms with E-state index in [0.29, 0.717) is 52.9 Å². The molecule has 0 spiro atoms. The smallest absolute Gasteiger partial charge is 0.272 e. The molecule has 4 aromatic rings. The number of nitrogen functional groups attached to an aromatic ring is 1. The molecule has 4 N–H and O–H groups in total. The van der Waals surface area contributed by atoms with Gasteiger partial charge in [0, 0.05) is 11.9 Å². The van der Waals surface area contributed by atoms with E-state index in [9.17, 15) is 14.9 Å². The number of aromatic nitrogens is 4. The highest BCUT2D eigenvalue weighted by atomic mass is 16.1. The molecule has 1 amide bonds. The molecule has 0 saturated carbocycles. The predicted molar refractivity (Wildman–Crippen MR) is 120 cm³/mol. The zero-order valence-electron chi connectivity index (χ0n) is 17.2. The maximum absolute atomic E-state index is 12.4. The minimum absolute atomic E-state index is 0.0519. The summed E-state index contributed by atoms with van der Waals surface area (Å²) >= 11 is 0. The molecule has 0 saturated heterocycles. The van der Waals surface area contributed by atoms with Gasteiger partial charge in [0.1, 0.15) is 17.5 Å². The van der Waals surface area contributed by atoms with Gasteiger partial charge >= 0.3 is 0 Å². The van der Waals surface area contributed by atoms with Crippen molar-refractivity contribution in [3.8, 4) is 11.8 Å². The van der Waals surface area contributed by atoms with Crippen LogP contribution in [0.4, 0.5) is 5.82 Å². The number of nitrogens with one attached hydrogen (secondary N) is 2. The minimum atomic E-state index is -0.285. The molecule has 0 aliphatic rings. The number of rotatable bonds is 7. The fourth-order valence-electron chi connectivity index (χ4n) is 3.55. The first-order valence-electron chi connectivity index (χ1n) is 10.1. The zero-order chi connectivity index (χ0) is 22.5. The van der Waals surface area contributed by atoms with E-state index in [1.807, 2.05) is 30.3 Å². The van der Waals surface area contributed by atoms with Gasteiger partial charge in [0.05, 0.1) is 28.9 Å². The summed E-state index contributed by atoms with van der Waals surface area (Å²) in [6, 6.07) is 18.5. The van der Waals surface area contributed by atoms with Gasteiger partial charge in [-0.1, -0.05) is 36.4 Å². The van der Waals surface area contributed by atoms with Gasteiger partial charge in [-0.2, -0.15) is 15.5 Å². The number of aryl methyl sites for hydroxylation is 1. The van der Waals surface area contributed by atoms with Crippen molar-refractivity contribution < 1.29 is 4.79 Å². The van der Waals surface area contributed by atoms with Crippen LogP contribution in [-0.2, 0) is 17.6 Å². The molecule has 9 nitrogen and oxygen atoms in total. The lowest BCUT2D eigenvalue weighted by molar-refractivity contribution is -0.120. The van der Waals surface area contributed by atoms with Crippen molar-refractivity contribution in [2.45, 2.75) is 19.3 Å². The number of nitrogens with zero attached hydrogens (tertiary/aromatic N) is 4. The molecule has 0 bridgehead atoms. The quantitative estimate of drug-likeness (QED) is 0.384. The Morgan fingerprint density at radius 2 is 1.81 bits per heavy atom. The van der Waals surface area contributed by atoms with Gasteiger partial charge in [-0.15, -0.1) is 0 Å². The molecule has 32 heavy (non-hydrogen) atoms. The summed E-state index contributed by atoms with van der Waals surface area (Å²) in [6.45, 7) is 0.406. The van der Waals surface area contributed by atoms with Crippen molar-refractivity contribution in [3.05, 3.63) is 81.9 Å². The lowest BCUT2D eigenvalue weighted by Gasteiger charge is -2.06. The van der Waals surface area contributed by atoms with Crippen LogP contribution in [0.25, 0.3) is 16.5 Å². The van der Waals surface area contributed by atoms with Gasteiger partial charge in [-0.05, 0) is 31.0 Å². The highest BCUT2D eigenvalue weighted by molar-refractivity contribution is 5.88. The summed E-state index contributed by atoms with van der Waals surface area (Å²) in [7, 11) is 0. The molecule has 160 valence electrons. The molecule has 2 heterocycles. The predicted octanol–water partition coefficient (Wildman–Crippen LogP) is 1.85. The lowest BCUT2D eigenvalue weighted by atomic mass is 10.1. The Kier molecular flexibility index (Phi) is 5.94. The topological polar surface area (TPSA) is 142 Å². The van der Waals surface area contributed by atoms with Crippen molar-refractivity contribution in [1.29, 1.82) is 5.26 Å². The van der Waals surface area contributed by atoms with E-state index in [1.165, 1.54) is 0 Å². The third kappa shape index (κ3) is 4.20. The number of nitriles is 1. The Balaban J connectivity index is 1.37. The fourth-order valence-corrected chi connectivity index (χ4v) is 3.55. The van der Waals surface area contributed by atoms with Gasteiger partial charge in [0.2, 0.25) is 5.91 Å². The first-order chi connectivity index (χ1) is 15.6. The molecule has 0 aliphatic carbocycles. The van der Waals surface area contributed by atoms with Crippen LogP contribution in [0, 0.1) is 11.3 Å². The number of benzene rings is 2. The highest BCUT2D eigenvalue weighted by Crippen LogP contribution is 2.21. The summed E-state index contributed by atoms with van der Waals surface area (Å²) in [5.74, 6) is 0.0956. The Labute approximate surface area is 183 Å². The number of anilines is 1. The van der Waals surface area contributed by atoms with E-state index in [0.717, 1.165) is 5.69 Å². The second-order valence-corrected chi connectivity index (χ2v) is 7.24. The van der Waals surface area contributed by atoms with E-state index in [2.05, 4.69) is 26.7 Å². The normalized spacial score (nSPS) is 10.7. The molecule has 2 aromatic heterocycles. The van der Waals surface area contributed by atoms with Crippen LogP contribution in [0.1, 0.15) is 23.4 Å². The number of nitrogens with two attached hydrogens (primary N) is 1. The summed E-state index contributed by atoms with van der Waals surface area (Å²) in [4.78, 5) is 24.3. The van der Waals surface area contributed by atoms with Crippen LogP contribution in [0.3, 0.4) is 0 Å². The maximum atomic E-state index is 12.4. The maximum Gasteiger partial charge on any atom is 0.272 e. The number of fused-ring (bicyclic) bond motifs is 1. The van der Waals surface area contributed by atoms with Gasteiger partial charge < -0.3 is 11.1 Å². The molecule has 2 aromatic carbocycles. The third-order valence-corrected chi connectivity index (χ3v) is 5.12. The number of carbonyl (C=O) groups excluding carboxylic acids is 1. The number of aromatic amines is 1. The number of H-pyrrole nitrogens is 1. The molecule has 0 unspecified atom stereocenters. The summed E-state index contributed by atoms with van der Waals surface area (Å²) in [6.07, 6.45) is 1.13. The second kappa shape index (κ2) is 9.14. The molecule has 9 heteroatoms. The Morgan fingerprint density at radius 1 is 1.09 bits per heavy atom. The molecular weight excluding hydrogens is 406 g/mol. The van der Waals surface area contributed by atoms with Crippen LogP contribution < -0.4 is 16.6 Å². The average Bonchev–Trinajstić information content (AvgIpc) is 3.14. The van der Waals surface area contributed by atoms with Crippen molar-refractivity contribution >= 4 is 22.5 Å². The van der Waals surface area contributed by atoms with Crippen molar-refractivity contribution in [2.75, 3.05) is 12.3 Å². The first-order valence-corrected chi connectivity index (χ1v) is 10.1. The number of amides is 1. The monoisotopic (exact) mass is 427 g/mol. The molecular formula is C23H21N7O2. The molecule has 0 atom stereocenters. The Bertz CT molecular complexity index is 1370. The molecule has 4 rings (SSSR count). The largest absolute Gasteiger partial charge is 0.382 e. The van der Waals surface area contributed by atoms with Crippen LogP contribution in [-0.4, -0.2) is 32.4 Å². The van der Waals surface area contributed by atoms with Crippen LogP contribution >= 0.6 is 0 Å². The van der Waals surface area contributed by atoms with Crippen LogP contribution in [0.15, 0.2) is 59.4 Å². The SMILES string of the molecule is N#Cc1c(CCCNC(=O)Cc2n[nH]c(=O)c3ccccc23)nn(-c2ccccc2)c1N. The van der Waals surface area contributed by atoms with Gasteiger partial charge in [-0.25, -0.2) is 9.78 Å². The Hall–Kier alpha value is -4.45. The first kappa shape index (κ1) is 20.8. The van der Waals surface area contributed by atoms with Crippen molar-refractivity contribution in [2.24, 2.45) is 0 Å². The second-order valence-electron chi connectivity index (χ2n) is 7.24. The molecule has 0 fully saturated rings. The summed E-state index contributed by atoms with van der Waals surface area (Å²) < 4.78 is 1.55. The lowest BCUT2D eigenvalue weighted by Crippen LogP contribution is -2.27. The molecule has 0 aliphatic heterocycles. The fraction of sp³-hybridized carbons (Fsp3) is 0.174. The standard InChI is InChI=1S/C23H21N7O2/c24-14-18-19(29-30(22(18)25)15-7-2-1-3-8-15)11-6-12-26-21(31)13-20-16-9-4-5-10-17(16)23(32)28-27-20/h1-5,7-10H,6,11-13,25H2,(H,26,31)(H,28,32). The highest BCUT2D eigenvalue weighted by Gasteiger charge is 2.16. The molecule has 0 radical (unpaired) electrons. The number of hydrogen-bond acceptors (Lipinski definition) is 6. The van der Waals surface area contributed by atoms with Crippen LogP contribution in [0.5, 0.6) is 0 Å². The van der Waals surface area contributed by atoms with E-state index >= 15 is 0 Å². The number of carbonyl (C=O) groups is 1.